The molecule has 0 bridgehead atoms. The van der Waals surface area contributed by atoms with Crippen LogP contribution < -0.4 is 21.1 Å². The van der Waals surface area contributed by atoms with Gasteiger partial charge in [0.1, 0.15) is 5.82 Å². The Morgan fingerprint density at radius 3 is 2.52 bits per heavy atom. The molecule has 23 heavy (non-hydrogen) atoms. The van der Waals surface area contributed by atoms with Crippen LogP contribution in [0.2, 0.25) is 0 Å². The topological polar surface area (TPSA) is 94.5 Å². The quantitative estimate of drug-likeness (QED) is 0.847. The maximum absolute atomic E-state index is 12.8. The standard InChI is InChI=1S/C17H20N4O2/c1-10(2)15-17(22)21(9-11-3-5-12(18)6-4-11)16-13(23-15)7-8-14(19)20-16/h3-8,10,15H,9,18H2,1-2H3,(H2,19,20). The van der Waals surface area contributed by atoms with E-state index >= 15 is 0 Å². The normalized spacial score (nSPS) is 17.1. The summed E-state index contributed by atoms with van der Waals surface area (Å²) in [5.41, 5.74) is 13.1. The molecule has 120 valence electrons. The van der Waals surface area contributed by atoms with E-state index in [-0.39, 0.29) is 11.8 Å². The van der Waals surface area contributed by atoms with Gasteiger partial charge in [-0.1, -0.05) is 26.0 Å². The van der Waals surface area contributed by atoms with Crippen LogP contribution in [0.1, 0.15) is 19.4 Å². The molecule has 0 saturated carbocycles. The van der Waals surface area contributed by atoms with E-state index < -0.39 is 6.10 Å². The van der Waals surface area contributed by atoms with Crippen LogP contribution in [0.15, 0.2) is 36.4 Å². The summed E-state index contributed by atoms with van der Waals surface area (Å²) in [6.45, 7) is 4.31. The Morgan fingerprint density at radius 2 is 1.87 bits per heavy atom. The molecule has 1 aliphatic heterocycles. The molecule has 0 fully saturated rings. The molecule has 1 aliphatic rings. The van der Waals surface area contributed by atoms with Crippen LogP contribution in [0.4, 0.5) is 17.3 Å². The molecule has 1 unspecified atom stereocenters. The number of carbonyl (C=O) groups excluding carboxylic acids is 1. The number of nitrogen functional groups attached to an aromatic ring is 2. The number of benzene rings is 1. The second-order valence-corrected chi connectivity index (χ2v) is 6.01. The SMILES string of the molecule is CC(C)C1Oc2ccc(N)nc2N(Cc2ccc(N)cc2)C1=O. The van der Waals surface area contributed by atoms with E-state index in [9.17, 15) is 4.79 Å². The van der Waals surface area contributed by atoms with Crippen molar-refractivity contribution in [2.75, 3.05) is 16.4 Å². The Bertz CT molecular complexity index is 728. The van der Waals surface area contributed by atoms with E-state index in [0.29, 0.717) is 29.6 Å². The van der Waals surface area contributed by atoms with E-state index in [4.69, 9.17) is 16.2 Å². The number of rotatable bonds is 3. The van der Waals surface area contributed by atoms with Crippen molar-refractivity contribution in [3.05, 3.63) is 42.0 Å². The van der Waals surface area contributed by atoms with Gasteiger partial charge in [-0.2, -0.15) is 0 Å². The summed E-state index contributed by atoms with van der Waals surface area (Å²) in [6.07, 6.45) is -0.526. The number of nitrogens with two attached hydrogens (primary N) is 2. The summed E-state index contributed by atoms with van der Waals surface area (Å²) in [4.78, 5) is 18.7. The molecule has 6 nitrogen and oxygen atoms in total. The van der Waals surface area contributed by atoms with Gasteiger partial charge in [0.15, 0.2) is 17.7 Å². The number of amides is 1. The minimum absolute atomic E-state index is 0.0575. The number of nitrogens with zero attached hydrogens (tertiary/aromatic N) is 2. The van der Waals surface area contributed by atoms with Gasteiger partial charge in [0.05, 0.1) is 6.54 Å². The number of carbonyl (C=O) groups is 1. The van der Waals surface area contributed by atoms with Gasteiger partial charge in [-0.25, -0.2) is 4.98 Å². The highest BCUT2D eigenvalue weighted by Gasteiger charge is 2.37. The average molecular weight is 312 g/mol. The summed E-state index contributed by atoms with van der Waals surface area (Å²) >= 11 is 0. The van der Waals surface area contributed by atoms with Gasteiger partial charge in [-0.05, 0) is 35.7 Å². The smallest absolute Gasteiger partial charge is 0.269 e. The molecule has 2 aromatic rings. The van der Waals surface area contributed by atoms with Gasteiger partial charge in [-0.3, -0.25) is 9.69 Å². The van der Waals surface area contributed by atoms with Crippen molar-refractivity contribution >= 4 is 23.2 Å². The number of anilines is 3. The third-order valence-corrected chi connectivity index (χ3v) is 3.81. The van der Waals surface area contributed by atoms with Crippen LogP contribution in [0, 0.1) is 5.92 Å². The van der Waals surface area contributed by atoms with E-state index in [0.717, 1.165) is 5.56 Å². The van der Waals surface area contributed by atoms with Crippen molar-refractivity contribution in [3.8, 4) is 5.75 Å². The van der Waals surface area contributed by atoms with Crippen LogP contribution in [-0.4, -0.2) is 17.0 Å². The van der Waals surface area contributed by atoms with Crippen molar-refractivity contribution < 1.29 is 9.53 Å². The van der Waals surface area contributed by atoms with Crippen molar-refractivity contribution in [2.24, 2.45) is 5.92 Å². The lowest BCUT2D eigenvalue weighted by Crippen LogP contribution is -2.48. The molecule has 1 atom stereocenters. The van der Waals surface area contributed by atoms with Gasteiger partial charge < -0.3 is 16.2 Å². The molecule has 1 aromatic heterocycles. The molecular weight excluding hydrogens is 292 g/mol. The fourth-order valence-corrected chi connectivity index (χ4v) is 2.56. The van der Waals surface area contributed by atoms with Gasteiger partial charge in [-0.15, -0.1) is 0 Å². The molecule has 2 heterocycles. The van der Waals surface area contributed by atoms with Crippen LogP contribution >= 0.6 is 0 Å². The predicted molar refractivity (Wildman–Crippen MR) is 89.9 cm³/mol. The zero-order valence-corrected chi connectivity index (χ0v) is 13.2. The molecule has 1 aromatic carbocycles. The Kier molecular flexibility index (Phi) is 3.82. The second-order valence-electron chi connectivity index (χ2n) is 6.01. The van der Waals surface area contributed by atoms with Crippen LogP contribution in [0.25, 0.3) is 0 Å². The van der Waals surface area contributed by atoms with Gasteiger partial charge in [0.25, 0.3) is 5.91 Å². The number of pyridine rings is 1. The molecule has 6 heteroatoms. The number of hydrogen-bond donors (Lipinski definition) is 2. The third-order valence-electron chi connectivity index (χ3n) is 3.81. The van der Waals surface area contributed by atoms with E-state index in [2.05, 4.69) is 4.98 Å². The number of fused-ring (bicyclic) bond motifs is 1. The first-order valence-electron chi connectivity index (χ1n) is 7.54. The first kappa shape index (κ1) is 15.1. The van der Waals surface area contributed by atoms with E-state index in [1.54, 1.807) is 17.0 Å². The molecule has 1 amide bonds. The highest BCUT2D eigenvalue weighted by atomic mass is 16.5. The van der Waals surface area contributed by atoms with Crippen molar-refractivity contribution in [3.63, 3.8) is 0 Å². The predicted octanol–water partition coefficient (Wildman–Crippen LogP) is 2.20. The van der Waals surface area contributed by atoms with Gasteiger partial charge >= 0.3 is 0 Å². The molecule has 4 N–H and O–H groups in total. The van der Waals surface area contributed by atoms with Gasteiger partial charge in [0.2, 0.25) is 0 Å². The largest absolute Gasteiger partial charge is 0.476 e. The summed E-state index contributed by atoms with van der Waals surface area (Å²) in [7, 11) is 0. The number of aromatic nitrogens is 1. The number of ether oxygens (including phenoxy) is 1. The monoisotopic (exact) mass is 312 g/mol. The molecule has 0 spiro atoms. The minimum Gasteiger partial charge on any atom is -0.476 e. The number of hydrogen-bond acceptors (Lipinski definition) is 5. The maximum Gasteiger partial charge on any atom is 0.269 e. The Balaban J connectivity index is 2.00. The highest BCUT2D eigenvalue weighted by Crippen LogP contribution is 2.35. The van der Waals surface area contributed by atoms with E-state index in [1.807, 2.05) is 38.1 Å². The van der Waals surface area contributed by atoms with E-state index in [1.165, 1.54) is 0 Å². The van der Waals surface area contributed by atoms with Gasteiger partial charge in [0, 0.05) is 5.69 Å². The van der Waals surface area contributed by atoms with Crippen molar-refractivity contribution in [1.82, 2.24) is 4.98 Å². The summed E-state index contributed by atoms with van der Waals surface area (Å²) in [5.74, 6) is 1.34. The first-order chi connectivity index (χ1) is 11.0. The third kappa shape index (κ3) is 2.92. The zero-order valence-electron chi connectivity index (χ0n) is 13.2. The summed E-state index contributed by atoms with van der Waals surface area (Å²) in [5, 5.41) is 0. The minimum atomic E-state index is -0.526. The highest BCUT2D eigenvalue weighted by molar-refractivity contribution is 5.99. The molecule has 0 aliphatic carbocycles. The summed E-state index contributed by atoms with van der Waals surface area (Å²) in [6, 6.07) is 10.9. The Labute approximate surface area is 135 Å². The zero-order chi connectivity index (χ0) is 16.6. The van der Waals surface area contributed by atoms with Crippen LogP contribution in [-0.2, 0) is 11.3 Å². The lowest BCUT2D eigenvalue weighted by atomic mass is 10.0. The first-order valence-corrected chi connectivity index (χ1v) is 7.54. The van der Waals surface area contributed by atoms with Crippen molar-refractivity contribution in [2.45, 2.75) is 26.5 Å². The molecule has 3 rings (SSSR count). The van der Waals surface area contributed by atoms with Crippen LogP contribution in [0.5, 0.6) is 5.75 Å². The maximum atomic E-state index is 12.8. The van der Waals surface area contributed by atoms with Crippen LogP contribution in [0.3, 0.4) is 0 Å². The Hall–Kier alpha value is -2.76. The molecular formula is C17H20N4O2. The van der Waals surface area contributed by atoms with Crippen molar-refractivity contribution in [1.29, 1.82) is 0 Å². The lowest BCUT2D eigenvalue weighted by Gasteiger charge is -2.35. The molecule has 0 radical (unpaired) electrons. The fourth-order valence-electron chi connectivity index (χ4n) is 2.56. The summed E-state index contributed by atoms with van der Waals surface area (Å²) < 4.78 is 5.82. The molecule has 0 saturated heterocycles. The fraction of sp³-hybridized carbons (Fsp3) is 0.294. The Morgan fingerprint density at radius 1 is 1.17 bits per heavy atom. The second kappa shape index (κ2) is 5.79. The lowest BCUT2D eigenvalue weighted by molar-refractivity contribution is -0.128. The average Bonchev–Trinajstić information content (AvgIpc) is 2.51.